The zero-order valence-electron chi connectivity index (χ0n) is 17.5. The van der Waals surface area contributed by atoms with Crippen LogP contribution in [0.4, 0.5) is 5.69 Å². The molecule has 2 rings (SSSR count). The van der Waals surface area contributed by atoms with Crippen LogP contribution in [0.5, 0.6) is 0 Å². The molecule has 29 heavy (non-hydrogen) atoms. The van der Waals surface area contributed by atoms with E-state index < -0.39 is 14.8 Å². The summed E-state index contributed by atoms with van der Waals surface area (Å²) in [5, 5.41) is 2.72. The Morgan fingerprint density at radius 1 is 1.07 bits per heavy atom. The molecular weight excluding hydrogens is 394 g/mol. The number of hydrogen-bond acceptors (Lipinski definition) is 5. The van der Waals surface area contributed by atoms with Crippen LogP contribution in [0, 0.1) is 0 Å². The number of nitrogens with zero attached hydrogens (tertiary/aromatic N) is 1. The molecule has 0 aliphatic carbocycles. The summed E-state index contributed by atoms with van der Waals surface area (Å²) in [5.74, 6) is -0.918. The predicted octanol–water partition coefficient (Wildman–Crippen LogP) is 2.52. The third-order valence-corrected chi connectivity index (χ3v) is 6.84. The van der Waals surface area contributed by atoms with Gasteiger partial charge in [0, 0.05) is 24.7 Å². The Bertz CT molecular complexity index is 917. The Morgan fingerprint density at radius 2 is 1.69 bits per heavy atom. The molecule has 1 aromatic carbocycles. The van der Waals surface area contributed by atoms with Crippen LogP contribution >= 0.6 is 0 Å². The number of fused-ring (bicyclic) bond motifs is 1. The second kappa shape index (κ2) is 8.62. The standard InChI is InChI=1S/C20H29N3O5S/c1-13(2)23-18(25)15-10-9-14(12-16(15)19(23)26)22-17(24)8-6-7-11-21-29(27,28)20(3,4)5/h9-10,12-13,21H,6-8,11H2,1-5H3,(H,22,24). The highest BCUT2D eigenvalue weighted by Crippen LogP contribution is 2.27. The van der Waals surface area contributed by atoms with Gasteiger partial charge in [-0.1, -0.05) is 0 Å². The average Bonchev–Trinajstić information content (AvgIpc) is 2.84. The fourth-order valence-electron chi connectivity index (χ4n) is 2.86. The van der Waals surface area contributed by atoms with Crippen molar-refractivity contribution in [2.45, 2.75) is 64.7 Å². The van der Waals surface area contributed by atoms with E-state index in [1.165, 1.54) is 11.0 Å². The summed E-state index contributed by atoms with van der Waals surface area (Å²) >= 11 is 0. The fraction of sp³-hybridized carbons (Fsp3) is 0.550. The van der Waals surface area contributed by atoms with Crippen molar-refractivity contribution in [3.63, 3.8) is 0 Å². The molecule has 0 unspecified atom stereocenters. The summed E-state index contributed by atoms with van der Waals surface area (Å²) in [6.07, 6.45) is 1.27. The van der Waals surface area contributed by atoms with E-state index in [-0.39, 0.29) is 42.3 Å². The van der Waals surface area contributed by atoms with Gasteiger partial charge in [-0.3, -0.25) is 19.3 Å². The first-order chi connectivity index (χ1) is 13.3. The molecule has 0 atom stereocenters. The van der Waals surface area contributed by atoms with Gasteiger partial charge in [-0.2, -0.15) is 0 Å². The minimum absolute atomic E-state index is 0.222. The molecule has 8 nitrogen and oxygen atoms in total. The molecule has 1 aromatic rings. The SMILES string of the molecule is CC(C)N1C(=O)c2ccc(NC(=O)CCCCNS(=O)(=O)C(C)(C)C)cc2C1=O. The van der Waals surface area contributed by atoms with Crippen molar-refractivity contribution in [1.29, 1.82) is 0 Å². The fourth-order valence-corrected chi connectivity index (χ4v) is 3.71. The highest BCUT2D eigenvalue weighted by atomic mass is 32.2. The Hall–Kier alpha value is -2.26. The van der Waals surface area contributed by atoms with Gasteiger partial charge in [0.1, 0.15) is 0 Å². The molecule has 0 saturated carbocycles. The zero-order chi connectivity index (χ0) is 22.0. The topological polar surface area (TPSA) is 113 Å². The van der Waals surface area contributed by atoms with E-state index in [1.54, 1.807) is 46.8 Å². The summed E-state index contributed by atoms with van der Waals surface area (Å²) in [7, 11) is -3.39. The van der Waals surface area contributed by atoms with Gasteiger partial charge in [-0.05, 0) is 65.7 Å². The maximum atomic E-state index is 12.4. The molecule has 0 bridgehead atoms. The Balaban J connectivity index is 1.86. The zero-order valence-corrected chi connectivity index (χ0v) is 18.4. The van der Waals surface area contributed by atoms with E-state index in [0.717, 1.165) is 0 Å². The van der Waals surface area contributed by atoms with Gasteiger partial charge < -0.3 is 5.32 Å². The van der Waals surface area contributed by atoms with Crippen LogP contribution in [0.1, 0.15) is 74.6 Å². The number of benzene rings is 1. The normalized spacial score (nSPS) is 14.5. The lowest BCUT2D eigenvalue weighted by Gasteiger charge is -2.19. The first-order valence-electron chi connectivity index (χ1n) is 9.66. The number of unbranched alkanes of at least 4 members (excludes halogenated alkanes) is 1. The molecule has 0 fully saturated rings. The lowest BCUT2D eigenvalue weighted by Crippen LogP contribution is -2.39. The van der Waals surface area contributed by atoms with Crippen molar-refractivity contribution in [2.75, 3.05) is 11.9 Å². The van der Waals surface area contributed by atoms with Crippen molar-refractivity contribution >= 4 is 33.4 Å². The van der Waals surface area contributed by atoms with E-state index in [1.807, 2.05) is 0 Å². The number of hydrogen-bond donors (Lipinski definition) is 2. The Kier molecular flexibility index (Phi) is 6.85. The number of rotatable bonds is 8. The average molecular weight is 424 g/mol. The maximum absolute atomic E-state index is 12.4. The van der Waals surface area contributed by atoms with Crippen LogP contribution in [0.2, 0.25) is 0 Å². The van der Waals surface area contributed by atoms with Gasteiger partial charge in [-0.25, -0.2) is 13.1 Å². The van der Waals surface area contributed by atoms with Crippen molar-refractivity contribution in [3.8, 4) is 0 Å². The summed E-state index contributed by atoms with van der Waals surface area (Å²) < 4.78 is 25.6. The Morgan fingerprint density at radius 3 is 2.28 bits per heavy atom. The van der Waals surface area contributed by atoms with Crippen molar-refractivity contribution in [3.05, 3.63) is 29.3 Å². The summed E-state index contributed by atoms with van der Waals surface area (Å²) in [6.45, 7) is 8.68. The van der Waals surface area contributed by atoms with Crippen LogP contribution in [0.3, 0.4) is 0 Å². The number of carbonyl (C=O) groups excluding carboxylic acids is 3. The monoisotopic (exact) mass is 423 g/mol. The molecule has 1 aliphatic rings. The Labute approximate surface area is 172 Å². The van der Waals surface area contributed by atoms with Crippen LogP contribution < -0.4 is 10.0 Å². The van der Waals surface area contributed by atoms with Crippen LogP contribution in [0.25, 0.3) is 0 Å². The summed E-state index contributed by atoms with van der Waals surface area (Å²) in [4.78, 5) is 38.0. The number of anilines is 1. The predicted molar refractivity (Wildman–Crippen MR) is 111 cm³/mol. The number of carbonyl (C=O) groups is 3. The molecule has 1 aliphatic heterocycles. The molecule has 160 valence electrons. The first kappa shape index (κ1) is 23.0. The number of imide groups is 1. The van der Waals surface area contributed by atoms with Gasteiger partial charge in [-0.15, -0.1) is 0 Å². The highest BCUT2D eigenvalue weighted by molar-refractivity contribution is 7.90. The molecule has 1 heterocycles. The minimum Gasteiger partial charge on any atom is -0.326 e. The van der Waals surface area contributed by atoms with Crippen molar-refractivity contribution < 1.29 is 22.8 Å². The number of nitrogens with one attached hydrogen (secondary N) is 2. The lowest BCUT2D eigenvalue weighted by molar-refractivity contribution is -0.116. The smallest absolute Gasteiger partial charge is 0.261 e. The molecule has 9 heteroatoms. The lowest BCUT2D eigenvalue weighted by atomic mass is 10.1. The highest BCUT2D eigenvalue weighted by Gasteiger charge is 2.37. The van der Waals surface area contributed by atoms with E-state index in [2.05, 4.69) is 10.0 Å². The quantitative estimate of drug-likeness (QED) is 0.493. The van der Waals surface area contributed by atoms with E-state index >= 15 is 0 Å². The van der Waals surface area contributed by atoms with Gasteiger partial charge in [0.25, 0.3) is 11.8 Å². The van der Waals surface area contributed by atoms with Crippen LogP contribution in [0.15, 0.2) is 18.2 Å². The summed E-state index contributed by atoms with van der Waals surface area (Å²) in [6, 6.07) is 4.43. The number of amides is 3. The molecule has 0 radical (unpaired) electrons. The molecule has 0 saturated heterocycles. The number of sulfonamides is 1. The summed E-state index contributed by atoms with van der Waals surface area (Å²) in [5.41, 5.74) is 1.08. The second-order valence-electron chi connectivity index (χ2n) is 8.35. The molecule has 0 spiro atoms. The van der Waals surface area contributed by atoms with Gasteiger partial charge in [0.2, 0.25) is 15.9 Å². The van der Waals surface area contributed by atoms with Gasteiger partial charge in [0.05, 0.1) is 15.9 Å². The van der Waals surface area contributed by atoms with Crippen molar-refractivity contribution in [2.24, 2.45) is 0 Å². The first-order valence-corrected chi connectivity index (χ1v) is 11.1. The maximum Gasteiger partial charge on any atom is 0.261 e. The van der Waals surface area contributed by atoms with E-state index in [0.29, 0.717) is 24.1 Å². The molecule has 2 N–H and O–H groups in total. The minimum atomic E-state index is -3.39. The third kappa shape index (κ3) is 5.22. The second-order valence-corrected chi connectivity index (χ2v) is 10.9. The van der Waals surface area contributed by atoms with E-state index in [9.17, 15) is 22.8 Å². The van der Waals surface area contributed by atoms with Crippen LogP contribution in [-0.2, 0) is 14.8 Å². The molecule has 3 amide bonds. The third-order valence-electron chi connectivity index (χ3n) is 4.65. The van der Waals surface area contributed by atoms with Crippen molar-refractivity contribution in [1.82, 2.24) is 9.62 Å². The van der Waals surface area contributed by atoms with Gasteiger partial charge in [0.15, 0.2) is 0 Å². The van der Waals surface area contributed by atoms with Crippen LogP contribution in [-0.4, -0.2) is 48.4 Å². The molecular formula is C20H29N3O5S. The van der Waals surface area contributed by atoms with E-state index in [4.69, 9.17) is 0 Å². The van der Waals surface area contributed by atoms with Gasteiger partial charge >= 0.3 is 0 Å². The molecule has 0 aromatic heterocycles. The largest absolute Gasteiger partial charge is 0.326 e.